The Balaban J connectivity index is 2.38. The summed E-state index contributed by atoms with van der Waals surface area (Å²) in [4.78, 5) is 24.4. The third kappa shape index (κ3) is 7.37. The summed E-state index contributed by atoms with van der Waals surface area (Å²) in [6.07, 6.45) is 0.454. The molecule has 2 rings (SSSR count). The highest BCUT2D eigenvalue weighted by atomic mass is 32.2. The molecule has 8 nitrogen and oxygen atoms in total. The summed E-state index contributed by atoms with van der Waals surface area (Å²) in [5, 5.41) is 4.82. The smallest absolute Gasteiger partial charge is 0.466 e. The number of ether oxygens (including phenoxy) is 1. The molecule has 0 saturated heterocycles. The summed E-state index contributed by atoms with van der Waals surface area (Å²) in [6.45, 7) is 5.48. The molecular formula is C22H25F3N2O6S. The lowest BCUT2D eigenvalue weighted by Gasteiger charge is -2.19. The second-order valence-electron chi connectivity index (χ2n) is 7.30. The molecule has 0 aromatic heterocycles. The van der Waals surface area contributed by atoms with Crippen molar-refractivity contribution in [1.29, 1.82) is 0 Å². The van der Waals surface area contributed by atoms with Gasteiger partial charge in [-0.2, -0.15) is 21.6 Å². The average molecular weight is 503 g/mol. The van der Waals surface area contributed by atoms with Crippen molar-refractivity contribution in [2.75, 3.05) is 17.2 Å². The Morgan fingerprint density at radius 3 is 2.24 bits per heavy atom. The van der Waals surface area contributed by atoms with Crippen LogP contribution in [0.5, 0.6) is 5.75 Å². The van der Waals surface area contributed by atoms with Crippen LogP contribution in [0.3, 0.4) is 0 Å². The van der Waals surface area contributed by atoms with Gasteiger partial charge in [-0.15, -0.1) is 0 Å². The van der Waals surface area contributed by atoms with E-state index in [0.717, 1.165) is 11.6 Å². The summed E-state index contributed by atoms with van der Waals surface area (Å²) < 4.78 is 70.8. The summed E-state index contributed by atoms with van der Waals surface area (Å²) >= 11 is 0. The molecule has 2 amide bonds. The van der Waals surface area contributed by atoms with E-state index in [4.69, 9.17) is 4.74 Å². The zero-order valence-corrected chi connectivity index (χ0v) is 19.5. The van der Waals surface area contributed by atoms with Crippen LogP contribution in [-0.4, -0.2) is 32.5 Å². The number of nitrogens with one attached hydrogen (secondary N) is 2. The van der Waals surface area contributed by atoms with Crippen molar-refractivity contribution in [3.05, 3.63) is 53.6 Å². The monoisotopic (exact) mass is 502 g/mol. The van der Waals surface area contributed by atoms with E-state index in [2.05, 4.69) is 14.8 Å². The number of esters is 1. The maximum absolute atomic E-state index is 12.8. The van der Waals surface area contributed by atoms with Gasteiger partial charge in [0, 0.05) is 5.69 Å². The summed E-state index contributed by atoms with van der Waals surface area (Å²) in [6, 6.07) is 9.46. The number of hydrogen-bond acceptors (Lipinski definition) is 6. The topological polar surface area (TPSA) is 111 Å². The highest BCUT2D eigenvalue weighted by Gasteiger charge is 2.48. The molecule has 0 heterocycles. The van der Waals surface area contributed by atoms with Gasteiger partial charge in [0.25, 0.3) is 0 Å². The number of amides is 2. The number of carbonyl (C=O) groups excluding carboxylic acids is 2. The fourth-order valence-corrected chi connectivity index (χ4v) is 3.45. The van der Waals surface area contributed by atoms with Crippen molar-refractivity contribution >= 4 is 33.5 Å². The molecule has 2 N–H and O–H groups in total. The van der Waals surface area contributed by atoms with Gasteiger partial charge >= 0.3 is 27.6 Å². The zero-order chi connectivity index (χ0) is 25.5. The zero-order valence-electron chi connectivity index (χ0n) is 18.7. The van der Waals surface area contributed by atoms with Crippen LogP contribution in [-0.2, 0) is 19.6 Å². The minimum atomic E-state index is -5.98. The molecule has 0 fully saturated rings. The van der Waals surface area contributed by atoms with Gasteiger partial charge in [0.05, 0.1) is 18.7 Å². The number of urea groups is 1. The molecule has 34 heavy (non-hydrogen) atoms. The average Bonchev–Trinajstić information content (AvgIpc) is 2.74. The van der Waals surface area contributed by atoms with Gasteiger partial charge in [-0.3, -0.25) is 4.79 Å². The first-order valence-electron chi connectivity index (χ1n) is 10.3. The molecule has 0 saturated carbocycles. The highest BCUT2D eigenvalue weighted by molar-refractivity contribution is 7.88. The van der Waals surface area contributed by atoms with E-state index in [1.54, 1.807) is 38.1 Å². The fraction of sp³-hybridized carbons (Fsp3) is 0.364. The predicted molar refractivity (Wildman–Crippen MR) is 120 cm³/mol. The van der Waals surface area contributed by atoms with Crippen molar-refractivity contribution in [2.45, 2.75) is 45.0 Å². The van der Waals surface area contributed by atoms with Crippen LogP contribution in [0.2, 0.25) is 0 Å². The number of aryl methyl sites for hydroxylation is 1. The lowest BCUT2D eigenvalue weighted by atomic mass is 9.92. The number of halogens is 3. The van der Waals surface area contributed by atoms with Gasteiger partial charge in [-0.1, -0.05) is 30.7 Å². The molecular weight excluding hydrogens is 477 g/mol. The van der Waals surface area contributed by atoms with Crippen LogP contribution >= 0.6 is 0 Å². The lowest BCUT2D eigenvalue weighted by molar-refractivity contribution is -0.143. The number of rotatable bonds is 9. The van der Waals surface area contributed by atoms with Crippen LogP contribution in [0.4, 0.5) is 29.3 Å². The number of carbonyl (C=O) groups is 2. The second kappa shape index (κ2) is 11.2. The van der Waals surface area contributed by atoms with Crippen LogP contribution < -0.4 is 14.8 Å². The second-order valence-corrected chi connectivity index (χ2v) is 8.84. The highest BCUT2D eigenvalue weighted by Crippen LogP contribution is 2.35. The van der Waals surface area contributed by atoms with Crippen LogP contribution in [0.1, 0.15) is 43.7 Å². The molecule has 0 aliphatic carbocycles. The molecule has 12 heteroatoms. The normalized spacial score (nSPS) is 12.5. The van der Waals surface area contributed by atoms with Crippen molar-refractivity contribution in [1.82, 2.24) is 0 Å². The molecule has 186 valence electrons. The molecule has 0 radical (unpaired) electrons. The van der Waals surface area contributed by atoms with E-state index in [-0.39, 0.29) is 18.7 Å². The third-order valence-corrected chi connectivity index (χ3v) is 5.69. The van der Waals surface area contributed by atoms with Gasteiger partial charge in [0.1, 0.15) is 0 Å². The van der Waals surface area contributed by atoms with E-state index in [1.165, 1.54) is 12.1 Å². The van der Waals surface area contributed by atoms with Gasteiger partial charge < -0.3 is 19.6 Å². The minimum Gasteiger partial charge on any atom is -0.466 e. The number of benzene rings is 2. The standard InChI is InChI=1S/C22H25F3N2O6S/c1-4-15(13-20(28)32-5-2)16-8-11-19(33-34(30,31)22(23,24)25)18(12-16)27-21(29)26-17-9-6-14(3)7-10-17/h6-12,15H,4-5,13H2,1-3H3,(H2,26,27,29). The summed E-state index contributed by atoms with van der Waals surface area (Å²) in [5.74, 6) is -1.60. The van der Waals surface area contributed by atoms with E-state index >= 15 is 0 Å². The Morgan fingerprint density at radius 2 is 1.68 bits per heavy atom. The van der Waals surface area contributed by atoms with Crippen molar-refractivity contribution < 1.29 is 40.1 Å². The SMILES string of the molecule is CCOC(=O)CC(CC)c1ccc(OS(=O)(=O)C(F)(F)F)c(NC(=O)Nc2ccc(C)cc2)c1. The number of anilines is 2. The van der Waals surface area contributed by atoms with Gasteiger partial charge in [0.2, 0.25) is 0 Å². The molecule has 0 bridgehead atoms. The molecule has 2 aromatic rings. The third-order valence-electron chi connectivity index (χ3n) is 4.73. The van der Waals surface area contributed by atoms with Gasteiger partial charge in [0.15, 0.2) is 5.75 Å². The summed E-state index contributed by atoms with van der Waals surface area (Å²) in [5.41, 5.74) is -4.17. The largest absolute Gasteiger partial charge is 0.534 e. The Morgan fingerprint density at radius 1 is 1.03 bits per heavy atom. The first kappa shape index (κ1) is 27.0. The van der Waals surface area contributed by atoms with Gasteiger partial charge in [-0.25, -0.2) is 4.79 Å². The Labute approximate surface area is 195 Å². The van der Waals surface area contributed by atoms with Crippen LogP contribution in [0, 0.1) is 6.92 Å². The maximum atomic E-state index is 12.8. The summed E-state index contributed by atoms with van der Waals surface area (Å²) in [7, 11) is -5.98. The first-order valence-corrected chi connectivity index (χ1v) is 11.7. The van der Waals surface area contributed by atoms with Crippen molar-refractivity contribution in [3.8, 4) is 5.75 Å². The fourth-order valence-electron chi connectivity index (χ4n) is 2.98. The van der Waals surface area contributed by atoms with Crippen molar-refractivity contribution in [3.63, 3.8) is 0 Å². The molecule has 2 aromatic carbocycles. The number of hydrogen-bond donors (Lipinski definition) is 2. The molecule has 0 aliphatic heterocycles. The Bertz CT molecular complexity index is 1120. The van der Waals surface area contributed by atoms with E-state index < -0.39 is 39.3 Å². The molecule has 0 aliphatic rings. The quantitative estimate of drug-likeness (QED) is 0.273. The van der Waals surface area contributed by atoms with Gasteiger partial charge in [-0.05, 0) is 56.0 Å². The Kier molecular flexibility index (Phi) is 8.91. The lowest BCUT2D eigenvalue weighted by Crippen LogP contribution is -2.29. The van der Waals surface area contributed by atoms with Crippen molar-refractivity contribution in [2.24, 2.45) is 0 Å². The van der Waals surface area contributed by atoms with Crippen LogP contribution in [0.15, 0.2) is 42.5 Å². The molecule has 1 atom stereocenters. The van der Waals surface area contributed by atoms with E-state index in [0.29, 0.717) is 17.7 Å². The molecule has 0 spiro atoms. The number of alkyl halides is 3. The maximum Gasteiger partial charge on any atom is 0.534 e. The minimum absolute atomic E-state index is 0.0135. The molecule has 1 unspecified atom stereocenters. The van der Waals surface area contributed by atoms with E-state index in [9.17, 15) is 31.2 Å². The van der Waals surface area contributed by atoms with E-state index in [1.807, 2.05) is 6.92 Å². The van der Waals surface area contributed by atoms with Crippen LogP contribution in [0.25, 0.3) is 0 Å². The Hall–Kier alpha value is -3.28. The predicted octanol–water partition coefficient (Wildman–Crippen LogP) is 5.31. The first-order chi connectivity index (χ1) is 15.9.